The van der Waals surface area contributed by atoms with Crippen molar-refractivity contribution in [2.24, 2.45) is 0 Å². The summed E-state index contributed by atoms with van der Waals surface area (Å²) in [5.41, 5.74) is 1.14. The molecule has 18 heavy (non-hydrogen) atoms. The average molecular weight is 253 g/mol. The molecular weight excluding hydrogens is 229 g/mol. The molecule has 0 aliphatic rings. The monoisotopic (exact) mass is 253 g/mol. The molecule has 1 atom stereocenters. The van der Waals surface area contributed by atoms with Gasteiger partial charge in [0.2, 0.25) is 0 Å². The Morgan fingerprint density at radius 2 is 1.89 bits per heavy atom. The topological polar surface area (TPSA) is 21.3 Å². The van der Waals surface area contributed by atoms with Crippen LogP contribution in [0.25, 0.3) is 0 Å². The van der Waals surface area contributed by atoms with Crippen LogP contribution in [0.2, 0.25) is 0 Å². The number of rotatable bonds is 8. The van der Waals surface area contributed by atoms with Gasteiger partial charge in [0, 0.05) is 12.6 Å². The number of benzene rings is 1. The summed E-state index contributed by atoms with van der Waals surface area (Å²) in [6.45, 7) is 7.92. The van der Waals surface area contributed by atoms with E-state index in [2.05, 4.69) is 12.2 Å². The van der Waals surface area contributed by atoms with Gasteiger partial charge >= 0.3 is 0 Å². The van der Waals surface area contributed by atoms with Gasteiger partial charge in [0.1, 0.15) is 5.82 Å². The van der Waals surface area contributed by atoms with Gasteiger partial charge < -0.3 is 10.1 Å². The fourth-order valence-electron chi connectivity index (χ4n) is 1.86. The molecule has 0 fully saturated rings. The number of hydrogen-bond donors (Lipinski definition) is 1. The van der Waals surface area contributed by atoms with E-state index in [4.69, 9.17) is 4.74 Å². The zero-order valence-corrected chi connectivity index (χ0v) is 11.6. The van der Waals surface area contributed by atoms with Gasteiger partial charge in [0.15, 0.2) is 0 Å². The minimum atomic E-state index is -0.182. The van der Waals surface area contributed by atoms with E-state index in [1.54, 1.807) is 0 Å². The summed E-state index contributed by atoms with van der Waals surface area (Å²) in [5.74, 6) is -0.182. The summed E-state index contributed by atoms with van der Waals surface area (Å²) in [4.78, 5) is 0. The molecule has 3 heteroatoms. The first-order valence-corrected chi connectivity index (χ1v) is 6.74. The number of nitrogens with one attached hydrogen (secondary N) is 1. The summed E-state index contributed by atoms with van der Waals surface area (Å²) in [7, 11) is 0. The third-order valence-corrected chi connectivity index (χ3v) is 2.84. The van der Waals surface area contributed by atoms with Gasteiger partial charge in [0.25, 0.3) is 0 Å². The van der Waals surface area contributed by atoms with Gasteiger partial charge in [-0.05, 0) is 50.9 Å². The first kappa shape index (κ1) is 15.1. The summed E-state index contributed by atoms with van der Waals surface area (Å²) in [6.07, 6.45) is 2.29. The highest BCUT2D eigenvalue weighted by Gasteiger charge is 2.07. The van der Waals surface area contributed by atoms with E-state index >= 15 is 0 Å². The second-order valence-corrected chi connectivity index (χ2v) is 4.74. The van der Waals surface area contributed by atoms with Gasteiger partial charge in [-0.15, -0.1) is 0 Å². The van der Waals surface area contributed by atoms with Crippen molar-refractivity contribution in [2.75, 3.05) is 13.2 Å². The van der Waals surface area contributed by atoms with Crippen molar-refractivity contribution in [1.29, 1.82) is 0 Å². The summed E-state index contributed by atoms with van der Waals surface area (Å²) < 4.78 is 18.3. The molecular formula is C15H24FNO. The van der Waals surface area contributed by atoms with Crippen molar-refractivity contribution < 1.29 is 9.13 Å². The third kappa shape index (κ3) is 5.61. The first-order valence-electron chi connectivity index (χ1n) is 6.74. The fourth-order valence-corrected chi connectivity index (χ4v) is 1.86. The largest absolute Gasteiger partial charge is 0.379 e. The lowest BCUT2D eigenvalue weighted by atomic mass is 10.0. The highest BCUT2D eigenvalue weighted by atomic mass is 19.1. The van der Waals surface area contributed by atoms with Crippen LogP contribution in [-0.2, 0) is 4.74 Å². The average Bonchev–Trinajstić information content (AvgIpc) is 2.35. The highest BCUT2D eigenvalue weighted by molar-refractivity contribution is 5.19. The lowest BCUT2D eigenvalue weighted by Gasteiger charge is -2.17. The van der Waals surface area contributed by atoms with Crippen molar-refractivity contribution in [1.82, 2.24) is 5.32 Å². The van der Waals surface area contributed by atoms with Crippen LogP contribution in [0.4, 0.5) is 4.39 Å². The fraction of sp³-hybridized carbons (Fsp3) is 0.600. The van der Waals surface area contributed by atoms with E-state index in [-0.39, 0.29) is 5.82 Å². The van der Waals surface area contributed by atoms with E-state index in [1.807, 2.05) is 26.0 Å². The lowest BCUT2D eigenvalue weighted by molar-refractivity contribution is 0.0767. The lowest BCUT2D eigenvalue weighted by Crippen LogP contribution is -2.23. The van der Waals surface area contributed by atoms with E-state index < -0.39 is 0 Å². The molecule has 1 unspecified atom stereocenters. The maximum absolute atomic E-state index is 12.8. The van der Waals surface area contributed by atoms with Crippen molar-refractivity contribution in [2.45, 2.75) is 45.8 Å². The molecule has 0 aliphatic carbocycles. The maximum atomic E-state index is 12.8. The Hall–Kier alpha value is -0.930. The second-order valence-electron chi connectivity index (χ2n) is 4.74. The van der Waals surface area contributed by atoms with Crippen LogP contribution < -0.4 is 5.32 Å². The summed E-state index contributed by atoms with van der Waals surface area (Å²) in [5, 5.41) is 3.48. The Labute approximate surface area is 110 Å². The molecule has 0 aromatic heterocycles. The second kappa shape index (κ2) is 8.22. The predicted octanol–water partition coefficient (Wildman–Crippen LogP) is 3.68. The van der Waals surface area contributed by atoms with Crippen LogP contribution in [-0.4, -0.2) is 19.3 Å². The molecule has 0 saturated heterocycles. The maximum Gasteiger partial charge on any atom is 0.123 e. The molecule has 0 spiro atoms. The Balaban J connectivity index is 2.31. The molecule has 0 amide bonds. The Morgan fingerprint density at radius 3 is 2.44 bits per heavy atom. The molecule has 2 nitrogen and oxygen atoms in total. The van der Waals surface area contributed by atoms with Crippen molar-refractivity contribution in [3.63, 3.8) is 0 Å². The van der Waals surface area contributed by atoms with Crippen LogP contribution in [0.1, 0.15) is 45.2 Å². The van der Waals surface area contributed by atoms with Gasteiger partial charge in [-0.3, -0.25) is 0 Å². The van der Waals surface area contributed by atoms with Gasteiger partial charge in [0.05, 0.1) is 6.10 Å². The number of halogens is 1. The minimum absolute atomic E-state index is 0.182. The normalized spacial score (nSPS) is 12.9. The predicted molar refractivity (Wildman–Crippen MR) is 73.1 cm³/mol. The van der Waals surface area contributed by atoms with Crippen LogP contribution in [0, 0.1) is 5.82 Å². The SMILES string of the molecule is CCC(NCCCOC(C)C)c1ccc(F)cc1. The van der Waals surface area contributed by atoms with Crippen molar-refractivity contribution in [3.8, 4) is 0 Å². The van der Waals surface area contributed by atoms with Crippen LogP contribution in [0.3, 0.4) is 0 Å². The third-order valence-electron chi connectivity index (χ3n) is 2.84. The minimum Gasteiger partial charge on any atom is -0.379 e. The van der Waals surface area contributed by atoms with Gasteiger partial charge in [-0.2, -0.15) is 0 Å². The van der Waals surface area contributed by atoms with E-state index in [9.17, 15) is 4.39 Å². The quantitative estimate of drug-likeness (QED) is 0.714. The molecule has 102 valence electrons. The zero-order chi connectivity index (χ0) is 13.4. The molecule has 0 saturated carbocycles. The molecule has 0 heterocycles. The molecule has 1 aromatic carbocycles. The van der Waals surface area contributed by atoms with Gasteiger partial charge in [-0.25, -0.2) is 4.39 Å². The first-order chi connectivity index (χ1) is 8.63. The molecule has 0 radical (unpaired) electrons. The van der Waals surface area contributed by atoms with E-state index in [0.29, 0.717) is 12.1 Å². The molecule has 0 aliphatic heterocycles. The smallest absolute Gasteiger partial charge is 0.123 e. The summed E-state index contributed by atoms with van der Waals surface area (Å²) in [6, 6.07) is 7.02. The standard InChI is InChI=1S/C15H24FNO/c1-4-15(13-6-8-14(16)9-7-13)17-10-5-11-18-12(2)3/h6-9,12,15,17H,4-5,10-11H2,1-3H3. The van der Waals surface area contributed by atoms with Crippen LogP contribution in [0.5, 0.6) is 0 Å². The van der Waals surface area contributed by atoms with E-state index in [0.717, 1.165) is 31.6 Å². The van der Waals surface area contributed by atoms with Crippen LogP contribution in [0.15, 0.2) is 24.3 Å². The Morgan fingerprint density at radius 1 is 1.22 bits per heavy atom. The summed E-state index contributed by atoms with van der Waals surface area (Å²) >= 11 is 0. The van der Waals surface area contributed by atoms with Crippen LogP contribution >= 0.6 is 0 Å². The molecule has 1 rings (SSSR count). The molecule has 0 bridgehead atoms. The molecule has 1 N–H and O–H groups in total. The molecule has 1 aromatic rings. The van der Waals surface area contributed by atoms with Crippen molar-refractivity contribution >= 4 is 0 Å². The van der Waals surface area contributed by atoms with Gasteiger partial charge in [-0.1, -0.05) is 19.1 Å². The highest BCUT2D eigenvalue weighted by Crippen LogP contribution is 2.16. The number of hydrogen-bond acceptors (Lipinski definition) is 2. The Bertz CT molecular complexity index is 324. The van der Waals surface area contributed by atoms with Crippen molar-refractivity contribution in [3.05, 3.63) is 35.6 Å². The zero-order valence-electron chi connectivity index (χ0n) is 11.6. The number of ether oxygens (including phenoxy) is 1. The van der Waals surface area contributed by atoms with E-state index in [1.165, 1.54) is 12.1 Å². The Kier molecular flexibility index (Phi) is 6.91.